The van der Waals surface area contributed by atoms with E-state index in [1.54, 1.807) is 0 Å². The first-order chi connectivity index (χ1) is 14.3. The monoisotopic (exact) mass is 450 g/mol. The Labute approximate surface area is 178 Å². The minimum absolute atomic E-state index is 0.00580. The number of anilines is 1. The minimum atomic E-state index is -4.59. The lowest BCUT2D eigenvalue weighted by molar-refractivity contribution is -0.137. The van der Waals surface area contributed by atoms with Crippen LogP contribution in [0.5, 0.6) is 0 Å². The molecule has 2 aromatic carbocycles. The fraction of sp³-hybridized carbons (Fsp3) is 0.150. The van der Waals surface area contributed by atoms with Crippen molar-refractivity contribution in [2.75, 3.05) is 11.1 Å². The number of hydrogen-bond donors (Lipinski definition) is 1. The second kappa shape index (κ2) is 8.16. The SMILES string of the molecule is O=C(CCSc1nnc2ccc3ccccc3n12)Nc1cc(Cl)ccc1C(F)(F)F. The molecule has 0 saturated heterocycles. The van der Waals surface area contributed by atoms with Gasteiger partial charge in [-0.15, -0.1) is 10.2 Å². The summed E-state index contributed by atoms with van der Waals surface area (Å²) in [7, 11) is 0. The van der Waals surface area contributed by atoms with Gasteiger partial charge in [0.1, 0.15) is 0 Å². The predicted octanol–water partition coefficient (Wildman–Crippen LogP) is 5.68. The number of hydrogen-bond acceptors (Lipinski definition) is 4. The smallest absolute Gasteiger partial charge is 0.325 e. The van der Waals surface area contributed by atoms with Gasteiger partial charge < -0.3 is 5.32 Å². The molecule has 10 heteroatoms. The van der Waals surface area contributed by atoms with Gasteiger partial charge in [0, 0.05) is 17.2 Å². The third kappa shape index (κ3) is 4.22. The van der Waals surface area contributed by atoms with Gasteiger partial charge in [-0.05, 0) is 41.8 Å². The van der Waals surface area contributed by atoms with Crippen molar-refractivity contribution in [1.29, 1.82) is 0 Å². The van der Waals surface area contributed by atoms with E-state index in [1.165, 1.54) is 11.8 Å². The molecule has 0 radical (unpaired) electrons. The van der Waals surface area contributed by atoms with Crippen LogP contribution in [0.4, 0.5) is 18.9 Å². The molecule has 0 aliphatic carbocycles. The number of pyridine rings is 1. The molecule has 0 atom stereocenters. The van der Waals surface area contributed by atoms with Crippen LogP contribution >= 0.6 is 23.4 Å². The van der Waals surface area contributed by atoms with Crippen molar-refractivity contribution in [1.82, 2.24) is 14.6 Å². The number of fused-ring (bicyclic) bond motifs is 3. The molecule has 154 valence electrons. The number of rotatable bonds is 5. The molecule has 0 bridgehead atoms. The number of aromatic nitrogens is 3. The molecule has 0 unspecified atom stereocenters. The molecular formula is C20H14ClF3N4OS. The summed E-state index contributed by atoms with van der Waals surface area (Å²) < 4.78 is 41.3. The third-order valence-electron chi connectivity index (χ3n) is 4.37. The maximum Gasteiger partial charge on any atom is 0.418 e. The molecule has 2 heterocycles. The number of carbonyl (C=O) groups excluding carboxylic acids is 1. The Kier molecular flexibility index (Phi) is 5.57. The molecular weight excluding hydrogens is 437 g/mol. The first-order valence-corrected chi connectivity index (χ1v) is 10.2. The van der Waals surface area contributed by atoms with Gasteiger partial charge in [0.05, 0.1) is 16.8 Å². The van der Waals surface area contributed by atoms with Crippen molar-refractivity contribution < 1.29 is 18.0 Å². The van der Waals surface area contributed by atoms with E-state index in [0.29, 0.717) is 16.6 Å². The van der Waals surface area contributed by atoms with Crippen LogP contribution in [0.15, 0.2) is 59.8 Å². The summed E-state index contributed by atoms with van der Waals surface area (Å²) in [6.45, 7) is 0. The van der Waals surface area contributed by atoms with E-state index in [0.717, 1.165) is 29.1 Å². The fourth-order valence-corrected chi connectivity index (χ4v) is 4.08. The van der Waals surface area contributed by atoms with Crippen LogP contribution in [0.3, 0.4) is 0 Å². The molecule has 0 saturated carbocycles. The van der Waals surface area contributed by atoms with Gasteiger partial charge in [-0.25, -0.2) is 0 Å². The number of halogens is 4. The van der Waals surface area contributed by atoms with Gasteiger partial charge in [-0.2, -0.15) is 13.2 Å². The van der Waals surface area contributed by atoms with Gasteiger partial charge in [-0.3, -0.25) is 9.20 Å². The molecule has 5 nitrogen and oxygen atoms in total. The molecule has 1 amide bonds. The molecule has 4 rings (SSSR count). The van der Waals surface area contributed by atoms with Gasteiger partial charge in [0.25, 0.3) is 0 Å². The Bertz CT molecular complexity index is 1240. The normalized spacial score (nSPS) is 11.9. The highest BCUT2D eigenvalue weighted by molar-refractivity contribution is 7.99. The highest BCUT2D eigenvalue weighted by atomic mass is 35.5. The van der Waals surface area contributed by atoms with E-state index < -0.39 is 17.6 Å². The number of amides is 1. The van der Waals surface area contributed by atoms with Crippen LogP contribution in [0.1, 0.15) is 12.0 Å². The summed E-state index contributed by atoms with van der Waals surface area (Å²) in [6.07, 6.45) is -4.60. The highest BCUT2D eigenvalue weighted by Crippen LogP contribution is 2.36. The van der Waals surface area contributed by atoms with Crippen LogP contribution in [0, 0.1) is 0 Å². The number of carbonyl (C=O) groups is 1. The van der Waals surface area contributed by atoms with E-state index in [4.69, 9.17) is 11.6 Å². The van der Waals surface area contributed by atoms with E-state index in [9.17, 15) is 18.0 Å². The predicted molar refractivity (Wildman–Crippen MR) is 111 cm³/mol. The van der Waals surface area contributed by atoms with Crippen molar-refractivity contribution in [3.05, 3.63) is 65.2 Å². The number of benzene rings is 2. The summed E-state index contributed by atoms with van der Waals surface area (Å²) in [5.74, 6) is -0.230. The van der Waals surface area contributed by atoms with Crippen LogP contribution in [0.2, 0.25) is 5.02 Å². The van der Waals surface area contributed by atoms with Gasteiger partial charge in [-0.1, -0.05) is 41.6 Å². The van der Waals surface area contributed by atoms with Gasteiger partial charge in [0.2, 0.25) is 5.91 Å². The lowest BCUT2D eigenvalue weighted by Gasteiger charge is -2.14. The van der Waals surface area contributed by atoms with Crippen LogP contribution in [0.25, 0.3) is 16.6 Å². The molecule has 4 aromatic rings. The zero-order valence-corrected chi connectivity index (χ0v) is 16.9. The number of alkyl halides is 3. The van der Waals surface area contributed by atoms with Crippen LogP contribution in [-0.4, -0.2) is 26.3 Å². The van der Waals surface area contributed by atoms with Crippen molar-refractivity contribution >= 4 is 51.5 Å². The van der Waals surface area contributed by atoms with Crippen molar-refractivity contribution in [2.45, 2.75) is 17.8 Å². The number of thioether (sulfide) groups is 1. The quantitative estimate of drug-likeness (QED) is 0.398. The number of para-hydroxylation sites is 1. The van der Waals surface area contributed by atoms with Gasteiger partial charge in [0.15, 0.2) is 10.8 Å². The average Bonchev–Trinajstić information content (AvgIpc) is 3.11. The summed E-state index contributed by atoms with van der Waals surface area (Å²) in [6, 6.07) is 14.6. The summed E-state index contributed by atoms with van der Waals surface area (Å²) in [5.41, 5.74) is 0.307. The molecule has 0 fully saturated rings. The Morgan fingerprint density at radius 2 is 1.90 bits per heavy atom. The summed E-state index contributed by atoms with van der Waals surface area (Å²) in [4.78, 5) is 12.2. The molecule has 0 aliphatic rings. The Hall–Kier alpha value is -2.78. The lowest BCUT2D eigenvalue weighted by Crippen LogP contribution is -2.17. The van der Waals surface area contributed by atoms with E-state index in [1.807, 2.05) is 40.8 Å². The molecule has 1 N–H and O–H groups in total. The molecule has 30 heavy (non-hydrogen) atoms. The zero-order chi connectivity index (χ0) is 21.3. The second-order valence-electron chi connectivity index (χ2n) is 6.40. The van der Waals surface area contributed by atoms with Crippen LogP contribution in [-0.2, 0) is 11.0 Å². The molecule has 0 spiro atoms. The molecule has 2 aromatic heterocycles. The summed E-state index contributed by atoms with van der Waals surface area (Å²) >= 11 is 7.09. The standard InChI is InChI=1S/C20H14ClF3N4OS/c21-13-6-7-14(20(22,23)24)15(11-13)25-18(29)9-10-30-19-27-26-17-8-5-12-3-1-2-4-16(12)28(17)19/h1-8,11H,9-10H2,(H,25,29). The fourth-order valence-electron chi connectivity index (χ4n) is 3.02. The van der Waals surface area contributed by atoms with Crippen molar-refractivity contribution in [2.24, 2.45) is 0 Å². The van der Waals surface area contributed by atoms with E-state index >= 15 is 0 Å². The van der Waals surface area contributed by atoms with Crippen molar-refractivity contribution in [3.8, 4) is 0 Å². The number of nitrogens with one attached hydrogen (secondary N) is 1. The van der Waals surface area contributed by atoms with Gasteiger partial charge >= 0.3 is 6.18 Å². The number of nitrogens with zero attached hydrogens (tertiary/aromatic N) is 3. The zero-order valence-electron chi connectivity index (χ0n) is 15.3. The van der Waals surface area contributed by atoms with E-state index in [2.05, 4.69) is 15.5 Å². The first-order valence-electron chi connectivity index (χ1n) is 8.85. The van der Waals surface area contributed by atoms with E-state index in [-0.39, 0.29) is 17.1 Å². The Morgan fingerprint density at radius 1 is 1.10 bits per heavy atom. The Morgan fingerprint density at radius 3 is 2.70 bits per heavy atom. The largest absolute Gasteiger partial charge is 0.418 e. The first kappa shape index (κ1) is 20.5. The third-order valence-corrected chi connectivity index (χ3v) is 5.54. The van der Waals surface area contributed by atoms with Crippen molar-refractivity contribution in [3.63, 3.8) is 0 Å². The van der Waals surface area contributed by atoms with Crippen LogP contribution < -0.4 is 5.32 Å². The minimum Gasteiger partial charge on any atom is -0.325 e. The highest BCUT2D eigenvalue weighted by Gasteiger charge is 2.34. The molecule has 0 aliphatic heterocycles. The second-order valence-corrected chi connectivity index (χ2v) is 7.90. The topological polar surface area (TPSA) is 59.3 Å². The summed E-state index contributed by atoms with van der Waals surface area (Å²) in [5, 5.41) is 12.3. The average molecular weight is 451 g/mol. The lowest BCUT2D eigenvalue weighted by atomic mass is 10.1. The maximum atomic E-state index is 13.1. The Balaban J connectivity index is 1.46. The maximum absolute atomic E-state index is 13.1.